The van der Waals surface area contributed by atoms with Gasteiger partial charge in [0.05, 0.1) is 16.3 Å². The van der Waals surface area contributed by atoms with Gasteiger partial charge in [0.15, 0.2) is 0 Å². The summed E-state index contributed by atoms with van der Waals surface area (Å²) in [5.41, 5.74) is 1.90. The Morgan fingerprint density at radius 1 is 1.23 bits per heavy atom. The highest BCUT2D eigenvalue weighted by atomic mass is 32.2. The number of aromatic nitrogens is 3. The van der Waals surface area contributed by atoms with Crippen molar-refractivity contribution in [1.82, 2.24) is 24.8 Å². The highest BCUT2D eigenvalue weighted by molar-refractivity contribution is 8.04. The van der Waals surface area contributed by atoms with Gasteiger partial charge in [-0.1, -0.05) is 6.92 Å². The number of rotatable bonds is 3. The molecule has 2 saturated heterocycles. The summed E-state index contributed by atoms with van der Waals surface area (Å²) in [6.07, 6.45) is 8.00. The minimum Gasteiger partial charge on any atom is -0.346 e. The number of thioether (sulfide) groups is 1. The number of likely N-dealkylation sites (tertiary alicyclic amines) is 2. The molecule has 0 saturated carbocycles. The number of piperidine rings is 1. The van der Waals surface area contributed by atoms with Gasteiger partial charge < -0.3 is 19.7 Å². The van der Waals surface area contributed by atoms with Crippen molar-refractivity contribution in [2.75, 3.05) is 36.8 Å². The molecular weight excluding hydrogens is 412 g/mol. The molecular formula is C22H28N6O2S. The van der Waals surface area contributed by atoms with Crippen molar-refractivity contribution in [3.05, 3.63) is 29.2 Å². The SMILES string of the molecule is CCC(=O)N1CC[C@H]2CCN(C(=O)C3=CN(c4ncnc5[nH]cc(C)c45)CCS3)C[C@H]21. The first-order valence-corrected chi connectivity index (χ1v) is 12.0. The van der Waals surface area contributed by atoms with E-state index in [4.69, 9.17) is 0 Å². The largest absolute Gasteiger partial charge is 0.346 e. The number of H-pyrrole nitrogens is 1. The van der Waals surface area contributed by atoms with Gasteiger partial charge in [0.2, 0.25) is 5.91 Å². The van der Waals surface area contributed by atoms with Gasteiger partial charge in [-0.25, -0.2) is 9.97 Å². The molecule has 0 unspecified atom stereocenters. The first kappa shape index (κ1) is 20.4. The van der Waals surface area contributed by atoms with Crippen molar-refractivity contribution < 1.29 is 9.59 Å². The molecule has 5 heterocycles. The molecule has 31 heavy (non-hydrogen) atoms. The van der Waals surface area contributed by atoms with E-state index in [1.807, 2.05) is 36.0 Å². The highest BCUT2D eigenvalue weighted by Crippen LogP contribution is 2.35. The van der Waals surface area contributed by atoms with Crippen LogP contribution in [0.25, 0.3) is 11.0 Å². The third kappa shape index (κ3) is 3.58. The van der Waals surface area contributed by atoms with Crippen LogP contribution in [0.2, 0.25) is 0 Å². The van der Waals surface area contributed by atoms with Crippen LogP contribution in [0.4, 0.5) is 5.82 Å². The Hall–Kier alpha value is -2.55. The smallest absolute Gasteiger partial charge is 0.261 e. The van der Waals surface area contributed by atoms with Crippen molar-refractivity contribution in [1.29, 1.82) is 0 Å². The highest BCUT2D eigenvalue weighted by Gasteiger charge is 2.41. The molecule has 3 aliphatic rings. The van der Waals surface area contributed by atoms with Crippen LogP contribution in [0, 0.1) is 12.8 Å². The molecule has 164 valence electrons. The number of hydrogen-bond acceptors (Lipinski definition) is 6. The van der Waals surface area contributed by atoms with Gasteiger partial charge >= 0.3 is 0 Å². The molecule has 8 nitrogen and oxygen atoms in total. The zero-order valence-electron chi connectivity index (χ0n) is 18.0. The molecule has 0 aliphatic carbocycles. The second-order valence-corrected chi connectivity index (χ2v) is 9.66. The maximum Gasteiger partial charge on any atom is 0.261 e. The summed E-state index contributed by atoms with van der Waals surface area (Å²) >= 11 is 1.61. The molecule has 9 heteroatoms. The minimum atomic E-state index is 0.0695. The Morgan fingerprint density at radius 3 is 2.90 bits per heavy atom. The monoisotopic (exact) mass is 440 g/mol. The second-order valence-electron chi connectivity index (χ2n) is 8.52. The number of anilines is 1. The maximum atomic E-state index is 13.4. The molecule has 0 aromatic carbocycles. The molecule has 0 spiro atoms. The van der Waals surface area contributed by atoms with Crippen LogP contribution in [-0.2, 0) is 9.59 Å². The van der Waals surface area contributed by atoms with Crippen molar-refractivity contribution in [2.24, 2.45) is 5.92 Å². The lowest BCUT2D eigenvalue weighted by Crippen LogP contribution is -2.51. The fourth-order valence-electron chi connectivity index (χ4n) is 5.09. The first-order chi connectivity index (χ1) is 15.1. The Bertz CT molecular complexity index is 1050. The first-order valence-electron chi connectivity index (χ1n) is 11.1. The minimum absolute atomic E-state index is 0.0695. The summed E-state index contributed by atoms with van der Waals surface area (Å²) in [4.78, 5) is 44.6. The Labute approximate surface area is 186 Å². The lowest BCUT2D eigenvalue weighted by Gasteiger charge is -2.39. The molecule has 5 rings (SSSR count). The topological polar surface area (TPSA) is 85.4 Å². The van der Waals surface area contributed by atoms with Crippen molar-refractivity contribution in [3.63, 3.8) is 0 Å². The summed E-state index contributed by atoms with van der Waals surface area (Å²) in [7, 11) is 0. The molecule has 3 aliphatic heterocycles. The lowest BCUT2D eigenvalue weighted by molar-refractivity contribution is -0.136. The van der Waals surface area contributed by atoms with Crippen LogP contribution in [0.5, 0.6) is 0 Å². The lowest BCUT2D eigenvalue weighted by atomic mass is 9.92. The molecule has 2 aromatic heterocycles. The fourth-order valence-corrected chi connectivity index (χ4v) is 6.05. The van der Waals surface area contributed by atoms with Gasteiger partial charge in [-0.3, -0.25) is 9.59 Å². The van der Waals surface area contributed by atoms with Crippen molar-refractivity contribution in [2.45, 2.75) is 39.2 Å². The van der Waals surface area contributed by atoms with E-state index in [1.165, 1.54) is 0 Å². The molecule has 0 bridgehead atoms. The number of nitrogens with zero attached hydrogens (tertiary/aromatic N) is 5. The number of carbonyl (C=O) groups excluding carboxylic acids is 2. The zero-order valence-corrected chi connectivity index (χ0v) is 18.8. The third-order valence-electron chi connectivity index (χ3n) is 6.77. The van der Waals surface area contributed by atoms with Gasteiger partial charge in [-0.15, -0.1) is 11.8 Å². The maximum absolute atomic E-state index is 13.4. The Kier molecular flexibility index (Phi) is 5.37. The number of aryl methyl sites for hydroxylation is 1. The average Bonchev–Trinajstić information content (AvgIpc) is 3.41. The number of hydrogen-bond donors (Lipinski definition) is 1. The number of nitrogens with one attached hydrogen (secondary N) is 1. The Morgan fingerprint density at radius 2 is 2.06 bits per heavy atom. The van der Waals surface area contributed by atoms with E-state index in [1.54, 1.807) is 18.1 Å². The number of amides is 2. The summed E-state index contributed by atoms with van der Waals surface area (Å²) < 4.78 is 0. The van der Waals surface area contributed by atoms with Gasteiger partial charge in [0, 0.05) is 50.7 Å². The van der Waals surface area contributed by atoms with Crippen LogP contribution in [-0.4, -0.2) is 74.5 Å². The van der Waals surface area contributed by atoms with E-state index in [0.29, 0.717) is 18.9 Å². The van der Waals surface area contributed by atoms with E-state index in [9.17, 15) is 9.59 Å². The molecule has 0 radical (unpaired) electrons. The van der Waals surface area contributed by atoms with Gasteiger partial charge in [0.1, 0.15) is 17.8 Å². The van der Waals surface area contributed by atoms with Crippen LogP contribution in [0.3, 0.4) is 0 Å². The number of carbonyl (C=O) groups is 2. The summed E-state index contributed by atoms with van der Waals surface area (Å²) in [5.74, 6) is 2.46. The van der Waals surface area contributed by atoms with E-state index in [2.05, 4.69) is 19.9 Å². The van der Waals surface area contributed by atoms with Gasteiger partial charge in [-0.05, 0) is 31.2 Å². The van der Waals surface area contributed by atoms with E-state index in [-0.39, 0.29) is 17.9 Å². The molecule has 2 atom stereocenters. The molecule has 2 aromatic rings. The van der Waals surface area contributed by atoms with Crippen molar-refractivity contribution >= 4 is 40.4 Å². The second kappa shape index (κ2) is 8.18. The summed E-state index contributed by atoms with van der Waals surface area (Å²) in [5, 5.41) is 0.998. The Balaban J connectivity index is 1.37. The van der Waals surface area contributed by atoms with E-state index >= 15 is 0 Å². The summed E-state index contributed by atoms with van der Waals surface area (Å²) in [6, 6.07) is 0.166. The number of aromatic amines is 1. The van der Waals surface area contributed by atoms with Crippen LogP contribution in [0.15, 0.2) is 23.6 Å². The van der Waals surface area contributed by atoms with E-state index < -0.39 is 0 Å². The quantitative estimate of drug-likeness (QED) is 0.789. The predicted molar refractivity (Wildman–Crippen MR) is 122 cm³/mol. The standard InChI is InChI=1S/C22H28N6O2S/c1-3-18(29)28-7-5-15-4-6-27(11-16(15)28)22(30)17-12-26(8-9-31-17)21-19-14(2)10-23-20(19)24-13-25-21/h10,12-13,15-16H,3-9,11H2,1-2H3,(H,23,24,25)/t15-,16-/m1/s1. The fraction of sp³-hybridized carbons (Fsp3) is 0.545. The average molecular weight is 441 g/mol. The van der Waals surface area contributed by atoms with Crippen molar-refractivity contribution in [3.8, 4) is 0 Å². The normalized spacial score (nSPS) is 23.8. The van der Waals surface area contributed by atoms with Crippen LogP contribution >= 0.6 is 11.8 Å². The zero-order chi connectivity index (χ0) is 21.5. The number of fused-ring (bicyclic) bond motifs is 2. The third-order valence-corrected chi connectivity index (χ3v) is 7.74. The molecule has 2 fully saturated rings. The van der Waals surface area contributed by atoms with Gasteiger partial charge in [0.25, 0.3) is 5.91 Å². The van der Waals surface area contributed by atoms with E-state index in [0.717, 1.165) is 65.5 Å². The molecule has 1 N–H and O–H groups in total. The summed E-state index contributed by atoms with van der Waals surface area (Å²) in [6.45, 7) is 6.98. The van der Waals surface area contributed by atoms with Crippen LogP contribution < -0.4 is 4.90 Å². The predicted octanol–water partition coefficient (Wildman–Crippen LogP) is 2.52. The molecule has 2 amide bonds. The van der Waals surface area contributed by atoms with Crippen LogP contribution in [0.1, 0.15) is 31.7 Å². The van der Waals surface area contributed by atoms with Gasteiger partial charge in [-0.2, -0.15) is 0 Å².